The van der Waals surface area contributed by atoms with Crippen LogP contribution < -0.4 is 21.3 Å². The molecule has 0 atom stereocenters. The van der Waals surface area contributed by atoms with Crippen molar-refractivity contribution in [2.45, 2.75) is 44.2 Å². The summed E-state index contributed by atoms with van der Waals surface area (Å²) in [5, 5.41) is 17.2. The smallest absolute Gasteiger partial charge is 0.349 e. The Balaban J connectivity index is 1.41. The van der Waals surface area contributed by atoms with E-state index < -0.39 is 11.2 Å². The summed E-state index contributed by atoms with van der Waals surface area (Å²) in [5.41, 5.74) is 0.342. The number of ether oxygens (including phenoxy) is 1. The zero-order valence-electron chi connectivity index (χ0n) is 21.3. The minimum Gasteiger partial charge on any atom is -0.454 e. The topological polar surface area (TPSA) is 126 Å². The van der Waals surface area contributed by atoms with E-state index in [-0.39, 0.29) is 50.8 Å². The molecule has 5 rings (SSSR count). The molecule has 1 amide bonds. The lowest BCUT2D eigenvalue weighted by molar-refractivity contribution is 0.0896. The van der Waals surface area contributed by atoms with Crippen LogP contribution in [0.1, 0.15) is 47.2 Å². The zero-order chi connectivity index (χ0) is 28.3. The summed E-state index contributed by atoms with van der Waals surface area (Å²) in [6.45, 7) is -0.328. The van der Waals surface area contributed by atoms with Gasteiger partial charge in [0.25, 0.3) is 11.5 Å². The molecule has 206 valence electrons. The summed E-state index contributed by atoms with van der Waals surface area (Å²) in [6.07, 6.45) is 5.45. The summed E-state index contributed by atoms with van der Waals surface area (Å²) in [7, 11) is 0. The number of carbonyl (C=O) groups excluding carboxylic acids is 1. The molecular formula is C29H26Cl2N4O5. The van der Waals surface area contributed by atoms with Gasteiger partial charge >= 0.3 is 5.69 Å². The molecule has 0 saturated heterocycles. The standard InChI is InChI=1S/C29H26Cl2N4O5/c30-23-12-20(35-28(39)33-25(37)16-32-35)13-24(31)26(23)40-21-9-8-19(17-36)22(14-21)27(38)34-29(10-4-5-11-29)15-18-6-2-1-3-7-18/h1-3,6-9,12-14,16,36H,4-5,10-11,15,17H2,(H,34,38)(H,33,37,39). The first kappa shape index (κ1) is 27.6. The van der Waals surface area contributed by atoms with E-state index in [1.165, 1.54) is 12.1 Å². The van der Waals surface area contributed by atoms with Crippen molar-refractivity contribution >= 4 is 29.1 Å². The maximum absolute atomic E-state index is 13.6. The van der Waals surface area contributed by atoms with Gasteiger partial charge in [-0.1, -0.05) is 72.4 Å². The zero-order valence-corrected chi connectivity index (χ0v) is 22.8. The average Bonchev–Trinajstić information content (AvgIpc) is 3.38. The fourth-order valence-electron chi connectivity index (χ4n) is 5.08. The molecule has 1 heterocycles. The lowest BCUT2D eigenvalue weighted by Gasteiger charge is -2.31. The number of rotatable bonds is 8. The normalized spacial score (nSPS) is 14.2. The van der Waals surface area contributed by atoms with Gasteiger partial charge < -0.3 is 15.2 Å². The van der Waals surface area contributed by atoms with Crippen LogP contribution in [0, 0.1) is 0 Å². The van der Waals surface area contributed by atoms with Gasteiger partial charge in [-0.3, -0.25) is 14.6 Å². The molecule has 1 saturated carbocycles. The van der Waals surface area contributed by atoms with E-state index in [4.69, 9.17) is 27.9 Å². The third-order valence-corrected chi connectivity index (χ3v) is 7.54. The maximum atomic E-state index is 13.6. The Morgan fingerprint density at radius 2 is 1.75 bits per heavy atom. The Labute approximate surface area is 239 Å². The molecule has 0 spiro atoms. The van der Waals surface area contributed by atoms with E-state index in [9.17, 15) is 19.5 Å². The van der Waals surface area contributed by atoms with Crippen LogP contribution in [0.25, 0.3) is 5.69 Å². The molecule has 0 aliphatic heterocycles. The van der Waals surface area contributed by atoms with Crippen LogP contribution in [0.5, 0.6) is 11.5 Å². The maximum Gasteiger partial charge on any atom is 0.349 e. The van der Waals surface area contributed by atoms with Crippen molar-refractivity contribution in [3.8, 4) is 17.2 Å². The monoisotopic (exact) mass is 580 g/mol. The Morgan fingerprint density at radius 1 is 1.05 bits per heavy atom. The highest BCUT2D eigenvalue weighted by atomic mass is 35.5. The molecule has 1 fully saturated rings. The van der Waals surface area contributed by atoms with Crippen molar-refractivity contribution in [2.24, 2.45) is 0 Å². The van der Waals surface area contributed by atoms with Crippen molar-refractivity contribution in [2.75, 3.05) is 0 Å². The molecule has 0 unspecified atom stereocenters. The predicted molar refractivity (Wildman–Crippen MR) is 152 cm³/mol. The van der Waals surface area contributed by atoms with Crippen molar-refractivity contribution in [3.05, 3.63) is 114 Å². The van der Waals surface area contributed by atoms with Crippen LogP contribution in [-0.2, 0) is 13.0 Å². The number of nitrogens with one attached hydrogen (secondary N) is 2. The Morgan fingerprint density at radius 3 is 2.40 bits per heavy atom. The third-order valence-electron chi connectivity index (χ3n) is 6.98. The number of benzene rings is 3. The Bertz CT molecular complexity index is 1640. The number of hydrogen-bond acceptors (Lipinski definition) is 6. The summed E-state index contributed by atoms with van der Waals surface area (Å²) < 4.78 is 6.91. The van der Waals surface area contributed by atoms with Crippen molar-refractivity contribution in [3.63, 3.8) is 0 Å². The second kappa shape index (κ2) is 11.7. The number of amides is 1. The van der Waals surface area contributed by atoms with Crippen LogP contribution >= 0.6 is 23.2 Å². The number of aliphatic hydroxyl groups is 1. The Hall–Kier alpha value is -3.92. The van der Waals surface area contributed by atoms with E-state index in [2.05, 4.69) is 27.5 Å². The summed E-state index contributed by atoms with van der Waals surface area (Å²) in [6, 6.07) is 17.7. The number of aromatic amines is 1. The van der Waals surface area contributed by atoms with Gasteiger partial charge in [-0.05, 0) is 54.7 Å². The van der Waals surface area contributed by atoms with Crippen LogP contribution in [0.15, 0.2) is 76.4 Å². The Kier molecular flexibility index (Phi) is 8.07. The lowest BCUT2D eigenvalue weighted by Crippen LogP contribution is -2.48. The number of hydrogen-bond donors (Lipinski definition) is 3. The number of aliphatic hydroxyl groups excluding tert-OH is 1. The fraction of sp³-hybridized carbons (Fsp3) is 0.241. The molecule has 3 aromatic carbocycles. The number of halogens is 2. The minimum absolute atomic E-state index is 0.0763. The highest BCUT2D eigenvalue weighted by Crippen LogP contribution is 2.39. The van der Waals surface area contributed by atoms with E-state index in [1.807, 2.05) is 18.2 Å². The van der Waals surface area contributed by atoms with Gasteiger partial charge in [-0.25, -0.2) is 4.79 Å². The van der Waals surface area contributed by atoms with Gasteiger partial charge in [0.2, 0.25) is 0 Å². The molecule has 0 radical (unpaired) electrons. The van der Waals surface area contributed by atoms with Gasteiger partial charge in [0.15, 0.2) is 5.75 Å². The number of H-pyrrole nitrogens is 1. The third kappa shape index (κ3) is 5.96. The highest BCUT2D eigenvalue weighted by molar-refractivity contribution is 6.37. The SMILES string of the molecule is O=C(NC1(Cc2ccccc2)CCCC1)c1cc(Oc2c(Cl)cc(-n3ncc(=O)[nH]c3=O)cc2Cl)ccc1CO. The molecule has 4 aromatic rings. The van der Waals surface area contributed by atoms with E-state index in [0.717, 1.165) is 48.5 Å². The van der Waals surface area contributed by atoms with Crippen LogP contribution in [0.3, 0.4) is 0 Å². The molecule has 0 bridgehead atoms. The van der Waals surface area contributed by atoms with Crippen molar-refractivity contribution < 1.29 is 14.6 Å². The fourth-order valence-corrected chi connectivity index (χ4v) is 5.63. The largest absolute Gasteiger partial charge is 0.454 e. The predicted octanol–water partition coefficient (Wildman–Crippen LogP) is 4.80. The first-order chi connectivity index (χ1) is 19.3. The van der Waals surface area contributed by atoms with E-state index in [1.54, 1.807) is 18.2 Å². The average molecular weight is 581 g/mol. The molecule has 9 nitrogen and oxygen atoms in total. The van der Waals surface area contributed by atoms with Gasteiger partial charge in [0.1, 0.15) is 11.9 Å². The van der Waals surface area contributed by atoms with Gasteiger partial charge in [-0.2, -0.15) is 9.78 Å². The molecule has 3 N–H and O–H groups in total. The quantitative estimate of drug-likeness (QED) is 0.275. The number of aromatic nitrogens is 3. The first-order valence-corrected chi connectivity index (χ1v) is 13.5. The van der Waals surface area contributed by atoms with Crippen molar-refractivity contribution in [1.29, 1.82) is 0 Å². The molecular weight excluding hydrogens is 555 g/mol. The molecule has 1 aliphatic carbocycles. The number of carbonyl (C=O) groups is 1. The van der Waals surface area contributed by atoms with Crippen LogP contribution in [0.2, 0.25) is 10.0 Å². The van der Waals surface area contributed by atoms with Gasteiger partial charge in [0, 0.05) is 11.1 Å². The summed E-state index contributed by atoms with van der Waals surface area (Å²) >= 11 is 12.9. The molecule has 11 heteroatoms. The second-order valence-corrected chi connectivity index (χ2v) is 10.6. The minimum atomic E-state index is -0.754. The van der Waals surface area contributed by atoms with E-state index >= 15 is 0 Å². The van der Waals surface area contributed by atoms with E-state index in [0.29, 0.717) is 5.56 Å². The van der Waals surface area contributed by atoms with Crippen molar-refractivity contribution in [1.82, 2.24) is 20.1 Å². The molecule has 1 aromatic heterocycles. The van der Waals surface area contributed by atoms with Crippen LogP contribution in [-0.4, -0.2) is 31.3 Å². The second-order valence-electron chi connectivity index (χ2n) is 9.77. The number of nitrogens with zero attached hydrogens (tertiary/aromatic N) is 2. The highest BCUT2D eigenvalue weighted by Gasteiger charge is 2.36. The summed E-state index contributed by atoms with van der Waals surface area (Å²) in [4.78, 5) is 39.1. The van der Waals surface area contributed by atoms with Gasteiger partial charge in [-0.15, -0.1) is 0 Å². The summed E-state index contributed by atoms with van der Waals surface area (Å²) in [5.74, 6) is 0.0779. The lowest BCUT2D eigenvalue weighted by atomic mass is 9.88. The first-order valence-electron chi connectivity index (χ1n) is 12.7. The van der Waals surface area contributed by atoms with Crippen LogP contribution in [0.4, 0.5) is 0 Å². The molecule has 40 heavy (non-hydrogen) atoms. The molecule has 1 aliphatic rings. The van der Waals surface area contributed by atoms with Gasteiger partial charge in [0.05, 0.1) is 22.3 Å².